The normalized spacial score (nSPS) is 26.6. The van der Waals surface area contributed by atoms with Gasteiger partial charge < -0.3 is 15.0 Å². The molecule has 0 amide bonds. The van der Waals surface area contributed by atoms with Crippen LogP contribution in [0.15, 0.2) is 35.3 Å². The smallest absolute Gasteiger partial charge is 0.193 e. The van der Waals surface area contributed by atoms with Crippen molar-refractivity contribution in [2.75, 3.05) is 26.7 Å². The van der Waals surface area contributed by atoms with Crippen molar-refractivity contribution < 1.29 is 4.74 Å². The molecule has 19 heavy (non-hydrogen) atoms. The Morgan fingerprint density at radius 2 is 2.16 bits per heavy atom. The molecule has 0 bridgehead atoms. The highest BCUT2D eigenvalue weighted by Crippen LogP contribution is 2.32. The van der Waals surface area contributed by atoms with Crippen molar-refractivity contribution in [1.29, 1.82) is 0 Å². The van der Waals surface area contributed by atoms with Crippen LogP contribution in [0, 0.1) is 0 Å². The molecule has 2 atom stereocenters. The number of nitrogens with zero attached hydrogens (tertiary/aromatic N) is 2. The summed E-state index contributed by atoms with van der Waals surface area (Å²) in [7, 11) is 2.07. The number of guanidine groups is 1. The van der Waals surface area contributed by atoms with E-state index in [1.165, 1.54) is 5.56 Å². The summed E-state index contributed by atoms with van der Waals surface area (Å²) in [5.41, 5.74) is 1.29. The summed E-state index contributed by atoms with van der Waals surface area (Å²) in [4.78, 5) is 6.59. The Morgan fingerprint density at radius 1 is 1.32 bits per heavy atom. The van der Waals surface area contributed by atoms with Crippen LogP contribution in [0.2, 0.25) is 0 Å². The second kappa shape index (κ2) is 5.61. The molecular formula is C15H21N3O. The summed E-state index contributed by atoms with van der Waals surface area (Å²) < 4.78 is 6.11. The highest BCUT2D eigenvalue weighted by Gasteiger charge is 2.26. The average Bonchev–Trinajstić information content (AvgIpc) is 3.06. The third-order valence-electron chi connectivity index (χ3n) is 3.83. The number of benzene rings is 1. The lowest BCUT2D eigenvalue weighted by Gasteiger charge is -2.18. The number of hydrogen-bond acceptors (Lipinski definition) is 4. The van der Waals surface area contributed by atoms with Crippen molar-refractivity contribution >= 4 is 5.96 Å². The van der Waals surface area contributed by atoms with E-state index in [4.69, 9.17) is 4.74 Å². The molecule has 4 nitrogen and oxygen atoms in total. The molecule has 2 heterocycles. The van der Waals surface area contributed by atoms with Crippen molar-refractivity contribution in [1.82, 2.24) is 10.2 Å². The maximum atomic E-state index is 6.11. The van der Waals surface area contributed by atoms with Gasteiger partial charge in [0.25, 0.3) is 0 Å². The van der Waals surface area contributed by atoms with E-state index >= 15 is 0 Å². The van der Waals surface area contributed by atoms with Crippen LogP contribution in [0.5, 0.6) is 0 Å². The zero-order chi connectivity index (χ0) is 13.1. The molecule has 0 spiro atoms. The number of aliphatic imine (C=N–C) groups is 1. The van der Waals surface area contributed by atoms with Crippen LogP contribution in [0.3, 0.4) is 0 Å². The molecule has 102 valence electrons. The molecule has 1 N–H and O–H groups in total. The molecule has 1 fully saturated rings. The largest absolute Gasteiger partial charge is 0.368 e. The molecule has 0 aromatic heterocycles. The number of ether oxygens (including phenoxy) is 1. The number of likely N-dealkylation sites (N-methyl/N-ethyl adjacent to an activating group) is 1. The van der Waals surface area contributed by atoms with Gasteiger partial charge in [0.2, 0.25) is 0 Å². The van der Waals surface area contributed by atoms with E-state index in [2.05, 4.69) is 46.5 Å². The predicted octanol–water partition coefficient (Wildman–Crippen LogP) is 1.80. The van der Waals surface area contributed by atoms with Crippen LogP contribution in [0.4, 0.5) is 0 Å². The Balaban J connectivity index is 1.50. The number of rotatable bonds is 3. The third kappa shape index (κ3) is 2.89. The first-order chi connectivity index (χ1) is 9.33. The highest BCUT2D eigenvalue weighted by molar-refractivity contribution is 5.81. The van der Waals surface area contributed by atoms with Gasteiger partial charge in [-0.3, -0.25) is 4.99 Å². The summed E-state index contributed by atoms with van der Waals surface area (Å²) in [5, 5.41) is 3.40. The predicted molar refractivity (Wildman–Crippen MR) is 76.2 cm³/mol. The first-order valence-electron chi connectivity index (χ1n) is 7.03. The molecule has 0 saturated carbocycles. The Bertz CT molecular complexity index is 446. The van der Waals surface area contributed by atoms with Crippen molar-refractivity contribution in [3.63, 3.8) is 0 Å². The van der Waals surface area contributed by atoms with E-state index < -0.39 is 0 Å². The zero-order valence-corrected chi connectivity index (χ0v) is 11.4. The summed E-state index contributed by atoms with van der Waals surface area (Å²) >= 11 is 0. The molecule has 2 aliphatic rings. The van der Waals surface area contributed by atoms with E-state index in [1.807, 2.05) is 6.07 Å². The van der Waals surface area contributed by atoms with Gasteiger partial charge >= 0.3 is 0 Å². The monoisotopic (exact) mass is 259 g/mol. The molecule has 2 aliphatic heterocycles. The molecule has 0 radical (unpaired) electrons. The van der Waals surface area contributed by atoms with E-state index in [0.29, 0.717) is 6.10 Å². The molecule has 0 unspecified atom stereocenters. The first kappa shape index (κ1) is 12.5. The molecule has 1 saturated heterocycles. The van der Waals surface area contributed by atoms with Crippen molar-refractivity contribution in [2.45, 2.75) is 25.0 Å². The second-order valence-corrected chi connectivity index (χ2v) is 5.24. The van der Waals surface area contributed by atoms with Gasteiger partial charge in [-0.2, -0.15) is 0 Å². The van der Waals surface area contributed by atoms with Gasteiger partial charge in [0, 0.05) is 20.1 Å². The van der Waals surface area contributed by atoms with Gasteiger partial charge in [-0.05, 0) is 18.4 Å². The lowest BCUT2D eigenvalue weighted by Crippen LogP contribution is -2.39. The second-order valence-electron chi connectivity index (χ2n) is 5.24. The number of hydrogen-bond donors (Lipinski definition) is 1. The molecule has 4 heteroatoms. The standard InChI is InChI=1S/C15H21N3O/c1-18-10-9-16-15(18)17-11-13-7-8-14(19-13)12-5-3-2-4-6-12/h2-6,13-14H,7-11H2,1H3,(H,16,17)/t13-,14+/m1/s1. The third-order valence-corrected chi connectivity index (χ3v) is 3.83. The quantitative estimate of drug-likeness (QED) is 0.899. The Labute approximate surface area is 114 Å². The summed E-state index contributed by atoms with van der Waals surface area (Å²) in [6, 6.07) is 10.5. The van der Waals surface area contributed by atoms with Crippen molar-refractivity contribution in [2.24, 2.45) is 4.99 Å². The Morgan fingerprint density at radius 3 is 2.89 bits per heavy atom. The Kier molecular flexibility index (Phi) is 3.69. The van der Waals surface area contributed by atoms with Gasteiger partial charge in [0.05, 0.1) is 18.8 Å². The molecule has 3 rings (SSSR count). The fraction of sp³-hybridized carbons (Fsp3) is 0.533. The first-order valence-corrected chi connectivity index (χ1v) is 7.03. The minimum atomic E-state index is 0.260. The fourth-order valence-corrected chi connectivity index (χ4v) is 2.70. The minimum absolute atomic E-state index is 0.260. The minimum Gasteiger partial charge on any atom is -0.368 e. The maximum absolute atomic E-state index is 6.11. The SMILES string of the molecule is CN1CCN=C1NC[C@H]1CC[C@@H](c2ccccc2)O1. The maximum Gasteiger partial charge on any atom is 0.193 e. The highest BCUT2D eigenvalue weighted by atomic mass is 16.5. The lowest BCUT2D eigenvalue weighted by molar-refractivity contribution is 0.0471. The van der Waals surface area contributed by atoms with E-state index in [-0.39, 0.29) is 6.10 Å². The van der Waals surface area contributed by atoms with Crippen LogP contribution in [-0.2, 0) is 4.74 Å². The van der Waals surface area contributed by atoms with Crippen molar-refractivity contribution in [3.8, 4) is 0 Å². The van der Waals surface area contributed by atoms with Crippen LogP contribution in [0.25, 0.3) is 0 Å². The van der Waals surface area contributed by atoms with Crippen LogP contribution >= 0.6 is 0 Å². The zero-order valence-electron chi connectivity index (χ0n) is 11.4. The Hall–Kier alpha value is -1.55. The van der Waals surface area contributed by atoms with E-state index in [0.717, 1.165) is 38.4 Å². The topological polar surface area (TPSA) is 36.9 Å². The van der Waals surface area contributed by atoms with Gasteiger partial charge in [0.1, 0.15) is 0 Å². The summed E-state index contributed by atoms with van der Waals surface area (Å²) in [6.07, 6.45) is 2.78. The molecule has 0 aliphatic carbocycles. The van der Waals surface area contributed by atoms with Crippen LogP contribution in [0.1, 0.15) is 24.5 Å². The van der Waals surface area contributed by atoms with E-state index in [1.54, 1.807) is 0 Å². The fourth-order valence-electron chi connectivity index (χ4n) is 2.70. The van der Waals surface area contributed by atoms with E-state index in [9.17, 15) is 0 Å². The summed E-state index contributed by atoms with van der Waals surface area (Å²) in [5.74, 6) is 1.01. The van der Waals surface area contributed by atoms with Gasteiger partial charge in [-0.1, -0.05) is 30.3 Å². The van der Waals surface area contributed by atoms with Gasteiger partial charge in [0.15, 0.2) is 5.96 Å². The number of nitrogens with one attached hydrogen (secondary N) is 1. The molecule has 1 aromatic carbocycles. The van der Waals surface area contributed by atoms with Gasteiger partial charge in [-0.15, -0.1) is 0 Å². The van der Waals surface area contributed by atoms with Crippen molar-refractivity contribution in [3.05, 3.63) is 35.9 Å². The van der Waals surface area contributed by atoms with Gasteiger partial charge in [-0.25, -0.2) is 0 Å². The molecule has 1 aromatic rings. The summed E-state index contributed by atoms with van der Waals surface area (Å²) in [6.45, 7) is 2.77. The molecular weight excluding hydrogens is 238 g/mol. The van der Waals surface area contributed by atoms with Crippen LogP contribution in [-0.4, -0.2) is 43.6 Å². The van der Waals surface area contributed by atoms with Crippen LogP contribution < -0.4 is 5.32 Å². The average molecular weight is 259 g/mol. The lowest BCUT2D eigenvalue weighted by atomic mass is 10.1.